The standard InChI is InChI=1S/C23H32N4O3/c1-16-6-7-18(17(2)14-16)27-20(28)15-19(21(27)29)25-12-8-23(9-13-25,22(24)30)26-10-4-3-5-11-26/h6-7,14,19H,3-5,8-13,15H2,1-2H3,(H2,24,30)/t19-/m0/s1. The number of nitrogens with two attached hydrogens (primary N) is 1. The molecule has 0 radical (unpaired) electrons. The molecule has 30 heavy (non-hydrogen) atoms. The molecule has 3 aliphatic heterocycles. The molecular weight excluding hydrogens is 380 g/mol. The van der Waals surface area contributed by atoms with Crippen LogP contribution in [-0.2, 0) is 14.4 Å². The van der Waals surface area contributed by atoms with Gasteiger partial charge in [-0.3, -0.25) is 24.2 Å². The number of likely N-dealkylation sites (tertiary alicyclic amines) is 2. The largest absolute Gasteiger partial charge is 0.368 e. The van der Waals surface area contributed by atoms with Gasteiger partial charge in [-0.05, 0) is 64.3 Å². The number of piperidine rings is 2. The molecule has 3 saturated heterocycles. The first-order valence-electron chi connectivity index (χ1n) is 11.1. The van der Waals surface area contributed by atoms with Crippen molar-refractivity contribution in [3.05, 3.63) is 29.3 Å². The fourth-order valence-electron chi connectivity index (χ4n) is 5.46. The van der Waals surface area contributed by atoms with Gasteiger partial charge in [0.15, 0.2) is 0 Å². The summed E-state index contributed by atoms with van der Waals surface area (Å²) in [5.41, 5.74) is 7.97. The minimum Gasteiger partial charge on any atom is -0.368 e. The third kappa shape index (κ3) is 3.54. The van der Waals surface area contributed by atoms with Crippen LogP contribution in [0.25, 0.3) is 0 Å². The Kier molecular flexibility index (Phi) is 5.68. The number of anilines is 1. The number of imide groups is 1. The molecule has 0 saturated carbocycles. The zero-order valence-corrected chi connectivity index (χ0v) is 18.0. The van der Waals surface area contributed by atoms with Crippen molar-refractivity contribution >= 4 is 23.4 Å². The number of carbonyl (C=O) groups is 3. The lowest BCUT2D eigenvalue weighted by atomic mass is 9.83. The molecule has 0 unspecified atom stereocenters. The predicted molar refractivity (Wildman–Crippen MR) is 115 cm³/mol. The zero-order valence-electron chi connectivity index (χ0n) is 18.0. The van der Waals surface area contributed by atoms with Gasteiger partial charge in [-0.25, -0.2) is 4.90 Å². The summed E-state index contributed by atoms with van der Waals surface area (Å²) in [4.78, 5) is 44.1. The van der Waals surface area contributed by atoms with Crippen LogP contribution < -0.4 is 10.6 Å². The second-order valence-corrected chi connectivity index (χ2v) is 9.06. The van der Waals surface area contributed by atoms with Gasteiger partial charge in [0.1, 0.15) is 5.54 Å². The molecule has 1 aromatic carbocycles. The highest BCUT2D eigenvalue weighted by molar-refractivity contribution is 6.22. The minimum absolute atomic E-state index is 0.153. The molecule has 3 aliphatic rings. The fourth-order valence-corrected chi connectivity index (χ4v) is 5.46. The molecule has 4 rings (SSSR count). The van der Waals surface area contributed by atoms with E-state index in [1.165, 1.54) is 11.3 Å². The smallest absolute Gasteiger partial charge is 0.251 e. The topological polar surface area (TPSA) is 87.0 Å². The van der Waals surface area contributed by atoms with E-state index in [9.17, 15) is 14.4 Å². The molecule has 2 N–H and O–H groups in total. The molecule has 3 amide bonds. The van der Waals surface area contributed by atoms with Crippen LogP contribution in [0.1, 0.15) is 49.7 Å². The number of hydrogen-bond donors (Lipinski definition) is 1. The van der Waals surface area contributed by atoms with Crippen molar-refractivity contribution in [3.63, 3.8) is 0 Å². The van der Waals surface area contributed by atoms with Crippen molar-refractivity contribution in [3.8, 4) is 0 Å². The Morgan fingerprint density at radius 1 is 1.03 bits per heavy atom. The molecule has 7 heteroatoms. The summed E-state index contributed by atoms with van der Waals surface area (Å²) < 4.78 is 0. The van der Waals surface area contributed by atoms with Crippen LogP contribution in [0.5, 0.6) is 0 Å². The van der Waals surface area contributed by atoms with Crippen molar-refractivity contribution in [2.24, 2.45) is 5.73 Å². The summed E-state index contributed by atoms with van der Waals surface area (Å²) in [5, 5.41) is 0. The zero-order chi connectivity index (χ0) is 21.5. The fraction of sp³-hybridized carbons (Fsp3) is 0.609. The Labute approximate surface area is 178 Å². The van der Waals surface area contributed by atoms with Crippen molar-refractivity contribution in [1.29, 1.82) is 0 Å². The molecule has 162 valence electrons. The summed E-state index contributed by atoms with van der Waals surface area (Å²) in [6.45, 7) is 6.94. The van der Waals surface area contributed by atoms with Gasteiger partial charge in [0.2, 0.25) is 11.8 Å². The first kappa shape index (κ1) is 21.0. The van der Waals surface area contributed by atoms with E-state index in [-0.39, 0.29) is 24.1 Å². The quantitative estimate of drug-likeness (QED) is 0.762. The Hall–Kier alpha value is -2.25. The van der Waals surface area contributed by atoms with Gasteiger partial charge >= 0.3 is 0 Å². The number of amides is 3. The van der Waals surface area contributed by atoms with Gasteiger partial charge in [0, 0.05) is 13.1 Å². The number of benzene rings is 1. The monoisotopic (exact) mass is 412 g/mol. The van der Waals surface area contributed by atoms with Crippen molar-refractivity contribution in [2.75, 3.05) is 31.1 Å². The van der Waals surface area contributed by atoms with E-state index >= 15 is 0 Å². The number of rotatable bonds is 4. The van der Waals surface area contributed by atoms with Crippen molar-refractivity contribution in [1.82, 2.24) is 9.80 Å². The first-order valence-corrected chi connectivity index (χ1v) is 11.1. The molecule has 0 aliphatic carbocycles. The molecule has 0 bridgehead atoms. The second-order valence-electron chi connectivity index (χ2n) is 9.06. The van der Waals surface area contributed by atoms with Crippen LogP contribution in [0.15, 0.2) is 18.2 Å². The summed E-state index contributed by atoms with van der Waals surface area (Å²) in [6.07, 6.45) is 4.82. The molecule has 0 spiro atoms. The summed E-state index contributed by atoms with van der Waals surface area (Å²) in [7, 11) is 0. The molecule has 1 aromatic rings. The average molecular weight is 413 g/mol. The second kappa shape index (κ2) is 8.12. The normalized spacial score (nSPS) is 25.7. The third-order valence-electron chi connectivity index (χ3n) is 7.20. The Bertz CT molecular complexity index is 854. The van der Waals surface area contributed by atoms with E-state index in [0.29, 0.717) is 31.6 Å². The van der Waals surface area contributed by atoms with Crippen LogP contribution >= 0.6 is 0 Å². The maximum absolute atomic E-state index is 13.2. The van der Waals surface area contributed by atoms with Gasteiger partial charge in [-0.1, -0.05) is 24.1 Å². The van der Waals surface area contributed by atoms with Crippen LogP contribution in [0.3, 0.4) is 0 Å². The number of carbonyl (C=O) groups excluding carboxylic acids is 3. The van der Waals surface area contributed by atoms with Crippen LogP contribution in [0.2, 0.25) is 0 Å². The van der Waals surface area contributed by atoms with E-state index in [1.54, 1.807) is 0 Å². The highest BCUT2D eigenvalue weighted by Crippen LogP contribution is 2.35. The molecule has 1 atom stereocenters. The highest BCUT2D eigenvalue weighted by atomic mass is 16.2. The number of nitrogens with zero attached hydrogens (tertiary/aromatic N) is 3. The van der Waals surface area contributed by atoms with Gasteiger partial charge in [0.05, 0.1) is 18.2 Å². The molecule has 0 aromatic heterocycles. The summed E-state index contributed by atoms with van der Waals surface area (Å²) in [6, 6.07) is 5.32. The maximum atomic E-state index is 13.2. The third-order valence-corrected chi connectivity index (χ3v) is 7.20. The van der Waals surface area contributed by atoms with Crippen molar-refractivity contribution < 1.29 is 14.4 Å². The van der Waals surface area contributed by atoms with Gasteiger partial charge in [-0.2, -0.15) is 0 Å². The SMILES string of the molecule is Cc1ccc(N2C(=O)C[C@H](N3CCC(C(N)=O)(N4CCCCC4)CC3)C2=O)c(C)c1. The van der Waals surface area contributed by atoms with Gasteiger partial charge in [0.25, 0.3) is 5.91 Å². The van der Waals surface area contributed by atoms with E-state index < -0.39 is 11.6 Å². The summed E-state index contributed by atoms with van der Waals surface area (Å²) in [5.74, 6) is -0.564. The highest BCUT2D eigenvalue weighted by Gasteiger charge is 2.49. The van der Waals surface area contributed by atoms with Crippen molar-refractivity contribution in [2.45, 2.75) is 64.0 Å². The summed E-state index contributed by atoms with van der Waals surface area (Å²) >= 11 is 0. The lowest BCUT2D eigenvalue weighted by molar-refractivity contribution is -0.136. The van der Waals surface area contributed by atoms with Gasteiger partial charge < -0.3 is 5.73 Å². The molecular formula is C23H32N4O3. The number of primary amides is 1. The Morgan fingerprint density at radius 2 is 1.70 bits per heavy atom. The van der Waals surface area contributed by atoms with Crippen LogP contribution in [0.4, 0.5) is 5.69 Å². The van der Waals surface area contributed by atoms with E-state index in [4.69, 9.17) is 5.73 Å². The minimum atomic E-state index is -0.615. The molecule has 7 nitrogen and oxygen atoms in total. The van der Waals surface area contributed by atoms with Crippen LogP contribution in [-0.4, -0.2) is 65.3 Å². The number of hydrogen-bond acceptors (Lipinski definition) is 5. The van der Waals surface area contributed by atoms with Gasteiger partial charge in [-0.15, -0.1) is 0 Å². The van der Waals surface area contributed by atoms with E-state index in [1.807, 2.05) is 32.0 Å². The first-order chi connectivity index (χ1) is 14.3. The Morgan fingerprint density at radius 3 is 2.30 bits per heavy atom. The van der Waals surface area contributed by atoms with Crippen LogP contribution in [0, 0.1) is 13.8 Å². The van der Waals surface area contributed by atoms with E-state index in [0.717, 1.165) is 37.1 Å². The predicted octanol–water partition coefficient (Wildman–Crippen LogP) is 1.74. The number of aryl methyl sites for hydroxylation is 2. The van der Waals surface area contributed by atoms with E-state index in [2.05, 4.69) is 9.80 Å². The lowest BCUT2D eigenvalue weighted by Crippen LogP contribution is -2.64. The molecule has 3 heterocycles. The average Bonchev–Trinajstić information content (AvgIpc) is 3.03. The maximum Gasteiger partial charge on any atom is 0.251 e. The molecule has 3 fully saturated rings. The Balaban J connectivity index is 1.49. The lowest BCUT2D eigenvalue weighted by Gasteiger charge is -2.48.